The van der Waals surface area contributed by atoms with Gasteiger partial charge < -0.3 is 10.6 Å². The van der Waals surface area contributed by atoms with E-state index in [1.807, 2.05) is 6.92 Å². The number of anilines is 1. The van der Waals surface area contributed by atoms with Crippen LogP contribution in [0.5, 0.6) is 0 Å². The molecule has 2 rings (SSSR count). The van der Waals surface area contributed by atoms with Gasteiger partial charge in [-0.25, -0.2) is 8.42 Å². The Balaban J connectivity index is 2.24. The van der Waals surface area contributed by atoms with E-state index in [1.54, 1.807) is 18.2 Å². The van der Waals surface area contributed by atoms with E-state index in [0.29, 0.717) is 5.69 Å². The molecule has 1 saturated heterocycles. The predicted molar refractivity (Wildman–Crippen MR) is 78.4 cm³/mol. The summed E-state index contributed by atoms with van der Waals surface area (Å²) >= 11 is 0. The van der Waals surface area contributed by atoms with Crippen molar-refractivity contribution < 1.29 is 13.2 Å². The molecule has 1 fully saturated rings. The molecule has 0 radical (unpaired) electrons. The van der Waals surface area contributed by atoms with Gasteiger partial charge in [-0.2, -0.15) is 0 Å². The van der Waals surface area contributed by atoms with Gasteiger partial charge in [-0.1, -0.05) is 19.1 Å². The average molecular weight is 296 g/mol. The van der Waals surface area contributed by atoms with Crippen LogP contribution in [0.1, 0.15) is 19.8 Å². The van der Waals surface area contributed by atoms with Crippen LogP contribution in [0.3, 0.4) is 0 Å². The number of benzene rings is 1. The Morgan fingerprint density at radius 1 is 1.25 bits per heavy atom. The zero-order valence-corrected chi connectivity index (χ0v) is 12.6. The van der Waals surface area contributed by atoms with Crippen LogP contribution in [-0.2, 0) is 14.6 Å². The van der Waals surface area contributed by atoms with E-state index in [-0.39, 0.29) is 10.8 Å². The maximum atomic E-state index is 12.4. The molecule has 1 aliphatic rings. The van der Waals surface area contributed by atoms with E-state index in [9.17, 15) is 13.2 Å². The predicted octanol–water partition coefficient (Wildman–Crippen LogP) is 1.42. The fourth-order valence-corrected chi connectivity index (χ4v) is 3.22. The van der Waals surface area contributed by atoms with Crippen molar-refractivity contribution in [3.8, 4) is 0 Å². The normalized spacial score (nSPS) is 18.5. The molecule has 1 heterocycles. The van der Waals surface area contributed by atoms with Crippen LogP contribution in [-0.4, -0.2) is 33.7 Å². The van der Waals surface area contributed by atoms with Crippen LogP contribution >= 0.6 is 0 Å². The molecule has 1 aromatic carbocycles. The van der Waals surface area contributed by atoms with Gasteiger partial charge in [0.2, 0.25) is 5.91 Å². The van der Waals surface area contributed by atoms with Crippen LogP contribution in [0, 0.1) is 5.41 Å². The van der Waals surface area contributed by atoms with Crippen molar-refractivity contribution in [2.45, 2.75) is 24.7 Å². The first-order chi connectivity index (χ1) is 9.33. The smallest absolute Gasteiger partial charge is 0.230 e. The van der Waals surface area contributed by atoms with Crippen molar-refractivity contribution in [2.75, 3.05) is 24.7 Å². The molecule has 0 atom stereocenters. The van der Waals surface area contributed by atoms with Crippen LogP contribution in [0.25, 0.3) is 0 Å². The summed E-state index contributed by atoms with van der Waals surface area (Å²) in [6, 6.07) is 6.50. The Morgan fingerprint density at radius 2 is 1.85 bits per heavy atom. The van der Waals surface area contributed by atoms with E-state index in [2.05, 4.69) is 10.6 Å². The standard InChI is InChI=1S/C14H20N2O3S/c1-14(7-9-15-10-8-14)13(17)16-11-5-3-4-6-12(11)20(2,18)19/h3-6,15H,7-10H2,1-2H3,(H,16,17). The topological polar surface area (TPSA) is 75.3 Å². The van der Waals surface area contributed by atoms with E-state index in [1.165, 1.54) is 6.07 Å². The molecule has 0 bridgehead atoms. The number of sulfone groups is 1. The van der Waals surface area contributed by atoms with E-state index in [0.717, 1.165) is 32.2 Å². The molecule has 0 aliphatic carbocycles. The van der Waals surface area contributed by atoms with E-state index < -0.39 is 15.3 Å². The lowest BCUT2D eigenvalue weighted by molar-refractivity contribution is -0.126. The Hall–Kier alpha value is -1.40. The largest absolute Gasteiger partial charge is 0.324 e. The van der Waals surface area contributed by atoms with Crippen LogP contribution in [0.4, 0.5) is 5.69 Å². The molecule has 1 aromatic rings. The summed E-state index contributed by atoms with van der Waals surface area (Å²) in [4.78, 5) is 12.6. The lowest BCUT2D eigenvalue weighted by Crippen LogP contribution is -2.43. The number of carbonyl (C=O) groups is 1. The lowest BCUT2D eigenvalue weighted by Gasteiger charge is -2.32. The number of piperidine rings is 1. The Kier molecular flexibility index (Phi) is 4.15. The molecule has 110 valence electrons. The summed E-state index contributed by atoms with van der Waals surface area (Å²) in [7, 11) is -3.36. The fraction of sp³-hybridized carbons (Fsp3) is 0.500. The number of hydrogen-bond donors (Lipinski definition) is 2. The summed E-state index contributed by atoms with van der Waals surface area (Å²) in [5, 5.41) is 6.00. The van der Waals surface area contributed by atoms with Crippen molar-refractivity contribution in [3.63, 3.8) is 0 Å². The molecule has 0 aromatic heterocycles. The third-order valence-electron chi connectivity index (χ3n) is 3.79. The van der Waals surface area contributed by atoms with Crippen LogP contribution < -0.4 is 10.6 Å². The summed E-state index contributed by atoms with van der Waals surface area (Å²) in [6.07, 6.45) is 2.64. The van der Waals surface area contributed by atoms with Gasteiger partial charge in [-0.15, -0.1) is 0 Å². The Bertz CT molecular complexity index is 605. The first-order valence-electron chi connectivity index (χ1n) is 6.64. The third kappa shape index (κ3) is 3.19. The zero-order valence-electron chi connectivity index (χ0n) is 11.8. The highest BCUT2D eigenvalue weighted by atomic mass is 32.2. The van der Waals surface area contributed by atoms with Gasteiger partial charge in [0, 0.05) is 11.7 Å². The second-order valence-corrected chi connectivity index (χ2v) is 7.52. The molecule has 0 saturated carbocycles. The summed E-state index contributed by atoms with van der Waals surface area (Å²) in [5.41, 5.74) is -0.0877. The van der Waals surface area contributed by atoms with Gasteiger partial charge >= 0.3 is 0 Å². The minimum absolute atomic E-state index is 0.116. The molecule has 5 nitrogen and oxygen atoms in total. The number of para-hydroxylation sites is 1. The molecule has 20 heavy (non-hydrogen) atoms. The van der Waals surface area contributed by atoms with Gasteiger partial charge in [-0.3, -0.25) is 4.79 Å². The van der Waals surface area contributed by atoms with E-state index >= 15 is 0 Å². The fourth-order valence-electron chi connectivity index (χ4n) is 2.37. The van der Waals surface area contributed by atoms with Crippen molar-refractivity contribution in [1.82, 2.24) is 5.32 Å². The van der Waals surface area contributed by atoms with Gasteiger partial charge in [0.15, 0.2) is 9.84 Å². The molecule has 1 aliphatic heterocycles. The summed E-state index contributed by atoms with van der Waals surface area (Å²) in [6.45, 7) is 3.53. The number of rotatable bonds is 3. The first kappa shape index (κ1) is 15.0. The average Bonchev–Trinajstić information content (AvgIpc) is 2.39. The highest BCUT2D eigenvalue weighted by molar-refractivity contribution is 7.90. The Morgan fingerprint density at radius 3 is 2.45 bits per heavy atom. The highest BCUT2D eigenvalue weighted by Crippen LogP contribution is 2.30. The maximum Gasteiger partial charge on any atom is 0.230 e. The van der Waals surface area contributed by atoms with Gasteiger partial charge in [0.1, 0.15) is 0 Å². The first-order valence-corrected chi connectivity index (χ1v) is 8.53. The number of nitrogens with one attached hydrogen (secondary N) is 2. The van der Waals surface area contributed by atoms with Gasteiger partial charge in [0.25, 0.3) is 0 Å². The number of carbonyl (C=O) groups excluding carboxylic acids is 1. The number of hydrogen-bond acceptors (Lipinski definition) is 4. The summed E-state index contributed by atoms with van der Waals surface area (Å²) in [5.74, 6) is -0.116. The van der Waals surface area contributed by atoms with Crippen molar-refractivity contribution >= 4 is 21.4 Å². The molecule has 2 N–H and O–H groups in total. The third-order valence-corrected chi connectivity index (χ3v) is 4.94. The molecule has 6 heteroatoms. The number of amides is 1. The molecule has 0 unspecified atom stereocenters. The van der Waals surface area contributed by atoms with Gasteiger partial charge in [0.05, 0.1) is 10.6 Å². The van der Waals surface area contributed by atoms with Crippen molar-refractivity contribution in [3.05, 3.63) is 24.3 Å². The maximum absolute atomic E-state index is 12.4. The SMILES string of the molecule is CC1(C(=O)Nc2ccccc2S(C)(=O)=O)CCNCC1. The molecule has 1 amide bonds. The quantitative estimate of drug-likeness (QED) is 0.884. The minimum Gasteiger partial charge on any atom is -0.324 e. The van der Waals surface area contributed by atoms with Crippen molar-refractivity contribution in [2.24, 2.45) is 5.41 Å². The Labute approximate surface area is 119 Å². The molecular weight excluding hydrogens is 276 g/mol. The monoisotopic (exact) mass is 296 g/mol. The highest BCUT2D eigenvalue weighted by Gasteiger charge is 2.35. The van der Waals surface area contributed by atoms with Gasteiger partial charge in [-0.05, 0) is 38.1 Å². The second kappa shape index (κ2) is 5.54. The van der Waals surface area contributed by atoms with Crippen molar-refractivity contribution in [1.29, 1.82) is 0 Å². The molecule has 0 spiro atoms. The second-order valence-electron chi connectivity index (χ2n) is 5.53. The lowest BCUT2D eigenvalue weighted by atomic mass is 9.80. The summed E-state index contributed by atoms with van der Waals surface area (Å²) < 4.78 is 23.5. The molecular formula is C14H20N2O3S. The zero-order chi connectivity index (χ0) is 14.8. The van der Waals surface area contributed by atoms with Crippen LogP contribution in [0.2, 0.25) is 0 Å². The van der Waals surface area contributed by atoms with Crippen LogP contribution in [0.15, 0.2) is 29.2 Å². The minimum atomic E-state index is -3.36. The van der Waals surface area contributed by atoms with E-state index in [4.69, 9.17) is 0 Å².